The van der Waals surface area contributed by atoms with Crippen molar-refractivity contribution in [3.05, 3.63) is 0 Å². The van der Waals surface area contributed by atoms with Gasteiger partial charge >= 0.3 is 12.0 Å². The topological polar surface area (TPSA) is 78.4 Å². The van der Waals surface area contributed by atoms with E-state index in [0.717, 1.165) is 6.42 Å². The van der Waals surface area contributed by atoms with Crippen molar-refractivity contribution in [2.24, 2.45) is 11.3 Å². The fourth-order valence-corrected chi connectivity index (χ4v) is 1.37. The average Bonchev–Trinajstić information content (AvgIpc) is 2.90. The number of amides is 2. The Balaban J connectivity index is 2.32. The van der Waals surface area contributed by atoms with Gasteiger partial charge in [-0.2, -0.15) is 0 Å². The molecular weight excluding hydrogens is 208 g/mol. The Labute approximate surface area is 95.6 Å². The minimum atomic E-state index is -0.882. The minimum Gasteiger partial charge on any atom is -0.481 e. The van der Waals surface area contributed by atoms with E-state index in [4.69, 9.17) is 5.11 Å². The SMILES string of the molecule is CCC(C)(CNC(=O)NC1CC1C)C(=O)O. The number of rotatable bonds is 5. The first-order valence-corrected chi connectivity index (χ1v) is 5.67. The summed E-state index contributed by atoms with van der Waals surface area (Å²) >= 11 is 0. The molecule has 92 valence electrons. The highest BCUT2D eigenvalue weighted by atomic mass is 16.4. The lowest BCUT2D eigenvalue weighted by atomic mass is 9.88. The van der Waals surface area contributed by atoms with Crippen LogP contribution in [0.5, 0.6) is 0 Å². The van der Waals surface area contributed by atoms with Crippen LogP contribution in [-0.4, -0.2) is 29.7 Å². The third-order valence-electron chi connectivity index (χ3n) is 3.36. The van der Waals surface area contributed by atoms with Crippen molar-refractivity contribution in [2.75, 3.05) is 6.54 Å². The van der Waals surface area contributed by atoms with Crippen LogP contribution in [-0.2, 0) is 4.79 Å². The number of hydrogen-bond donors (Lipinski definition) is 3. The van der Waals surface area contributed by atoms with Gasteiger partial charge in [0.15, 0.2) is 0 Å². The van der Waals surface area contributed by atoms with E-state index < -0.39 is 11.4 Å². The Morgan fingerprint density at radius 3 is 2.44 bits per heavy atom. The summed E-state index contributed by atoms with van der Waals surface area (Å²) in [5, 5.41) is 14.4. The summed E-state index contributed by atoms with van der Waals surface area (Å²) in [6, 6.07) is -0.00649. The van der Waals surface area contributed by atoms with E-state index in [2.05, 4.69) is 17.6 Å². The second-order valence-corrected chi connectivity index (χ2v) is 4.87. The summed E-state index contributed by atoms with van der Waals surface area (Å²) in [7, 11) is 0. The summed E-state index contributed by atoms with van der Waals surface area (Å²) in [6.07, 6.45) is 1.50. The lowest BCUT2D eigenvalue weighted by Gasteiger charge is -2.23. The van der Waals surface area contributed by atoms with E-state index >= 15 is 0 Å². The monoisotopic (exact) mass is 228 g/mol. The summed E-state index contributed by atoms with van der Waals surface area (Å²) in [6.45, 7) is 5.66. The zero-order valence-electron chi connectivity index (χ0n) is 10.0. The van der Waals surface area contributed by atoms with Crippen LogP contribution in [0.15, 0.2) is 0 Å². The third-order valence-corrected chi connectivity index (χ3v) is 3.36. The van der Waals surface area contributed by atoms with Gasteiger partial charge in [-0.15, -0.1) is 0 Å². The van der Waals surface area contributed by atoms with Gasteiger partial charge in [-0.1, -0.05) is 13.8 Å². The van der Waals surface area contributed by atoms with E-state index in [1.165, 1.54) is 0 Å². The third kappa shape index (κ3) is 3.12. The van der Waals surface area contributed by atoms with Gasteiger partial charge in [-0.05, 0) is 25.7 Å². The average molecular weight is 228 g/mol. The first kappa shape index (κ1) is 12.8. The van der Waals surface area contributed by atoms with Gasteiger partial charge in [0.05, 0.1) is 5.41 Å². The number of aliphatic carboxylic acids is 1. The van der Waals surface area contributed by atoms with E-state index in [9.17, 15) is 9.59 Å². The molecule has 1 aliphatic carbocycles. The lowest BCUT2D eigenvalue weighted by molar-refractivity contribution is -0.147. The van der Waals surface area contributed by atoms with Gasteiger partial charge in [-0.25, -0.2) is 4.79 Å². The molecule has 16 heavy (non-hydrogen) atoms. The first-order chi connectivity index (χ1) is 7.39. The molecule has 0 radical (unpaired) electrons. The molecule has 0 aromatic heterocycles. The number of hydrogen-bond acceptors (Lipinski definition) is 2. The van der Waals surface area contributed by atoms with Crippen molar-refractivity contribution in [3.8, 4) is 0 Å². The molecule has 0 aromatic carbocycles. The van der Waals surface area contributed by atoms with Crippen molar-refractivity contribution < 1.29 is 14.7 Å². The Morgan fingerprint density at radius 1 is 1.50 bits per heavy atom. The molecule has 0 bridgehead atoms. The zero-order chi connectivity index (χ0) is 12.3. The van der Waals surface area contributed by atoms with Gasteiger partial charge in [0.2, 0.25) is 0 Å². The van der Waals surface area contributed by atoms with E-state index in [1.54, 1.807) is 13.8 Å². The number of carbonyl (C=O) groups is 2. The molecule has 0 aromatic rings. The normalized spacial score (nSPS) is 26.7. The number of carboxylic acid groups (broad SMARTS) is 1. The van der Waals surface area contributed by atoms with Crippen LogP contribution in [0.3, 0.4) is 0 Å². The van der Waals surface area contributed by atoms with E-state index in [1.807, 2.05) is 0 Å². The van der Waals surface area contributed by atoms with Crippen molar-refractivity contribution in [3.63, 3.8) is 0 Å². The van der Waals surface area contributed by atoms with Crippen molar-refractivity contribution >= 4 is 12.0 Å². The highest BCUT2D eigenvalue weighted by Gasteiger charge is 2.35. The van der Waals surface area contributed by atoms with Crippen LogP contribution in [0.2, 0.25) is 0 Å². The maximum absolute atomic E-state index is 11.4. The van der Waals surface area contributed by atoms with Crippen LogP contribution in [0.1, 0.15) is 33.6 Å². The fourth-order valence-electron chi connectivity index (χ4n) is 1.37. The molecule has 0 aliphatic heterocycles. The maximum atomic E-state index is 11.4. The van der Waals surface area contributed by atoms with Gasteiger partial charge in [0, 0.05) is 12.6 Å². The molecule has 1 fully saturated rings. The predicted molar refractivity (Wildman–Crippen MR) is 60.1 cm³/mol. The lowest BCUT2D eigenvalue weighted by Crippen LogP contribution is -2.45. The highest BCUT2D eigenvalue weighted by Crippen LogP contribution is 2.28. The molecule has 1 saturated carbocycles. The van der Waals surface area contributed by atoms with Crippen molar-refractivity contribution in [1.29, 1.82) is 0 Å². The van der Waals surface area contributed by atoms with Crippen LogP contribution in [0.4, 0.5) is 4.79 Å². The summed E-state index contributed by atoms with van der Waals surface area (Å²) in [5.41, 5.74) is -0.882. The first-order valence-electron chi connectivity index (χ1n) is 5.67. The molecule has 3 unspecified atom stereocenters. The smallest absolute Gasteiger partial charge is 0.315 e. The summed E-state index contributed by atoms with van der Waals surface area (Å²) < 4.78 is 0. The van der Waals surface area contributed by atoms with Gasteiger partial charge in [-0.3, -0.25) is 4.79 Å². The predicted octanol–water partition coefficient (Wildman–Crippen LogP) is 1.19. The number of carbonyl (C=O) groups excluding carboxylic acids is 1. The maximum Gasteiger partial charge on any atom is 0.315 e. The van der Waals surface area contributed by atoms with E-state index in [0.29, 0.717) is 12.3 Å². The molecule has 0 saturated heterocycles. The van der Waals surface area contributed by atoms with Crippen LogP contribution < -0.4 is 10.6 Å². The fraction of sp³-hybridized carbons (Fsp3) is 0.818. The molecule has 0 heterocycles. The molecule has 2 amide bonds. The highest BCUT2D eigenvalue weighted by molar-refractivity contribution is 5.78. The molecule has 5 nitrogen and oxygen atoms in total. The molecule has 1 aliphatic rings. The van der Waals surface area contributed by atoms with Crippen LogP contribution in [0.25, 0.3) is 0 Å². The molecule has 0 spiro atoms. The van der Waals surface area contributed by atoms with Crippen LogP contribution >= 0.6 is 0 Å². The largest absolute Gasteiger partial charge is 0.481 e. The number of carboxylic acids is 1. The van der Waals surface area contributed by atoms with Gasteiger partial charge in [0.1, 0.15) is 0 Å². The standard InChI is InChI=1S/C11H20N2O3/c1-4-11(3,9(14)15)6-12-10(16)13-8-5-7(8)2/h7-8H,4-6H2,1-3H3,(H,14,15)(H2,12,13,16). The van der Waals surface area contributed by atoms with Gasteiger partial charge in [0.25, 0.3) is 0 Å². The minimum absolute atomic E-state index is 0.158. The van der Waals surface area contributed by atoms with Crippen molar-refractivity contribution in [1.82, 2.24) is 10.6 Å². The van der Waals surface area contributed by atoms with E-state index in [-0.39, 0.29) is 18.6 Å². The number of nitrogens with one attached hydrogen (secondary N) is 2. The zero-order valence-corrected chi connectivity index (χ0v) is 10.0. The molecule has 5 heteroatoms. The Kier molecular flexibility index (Phi) is 3.78. The molecule has 3 N–H and O–H groups in total. The second kappa shape index (κ2) is 4.72. The number of urea groups is 1. The quantitative estimate of drug-likeness (QED) is 0.661. The van der Waals surface area contributed by atoms with Gasteiger partial charge < -0.3 is 15.7 Å². The molecular formula is C11H20N2O3. The molecule has 3 atom stereocenters. The van der Waals surface area contributed by atoms with Crippen LogP contribution in [0, 0.1) is 11.3 Å². The van der Waals surface area contributed by atoms with Crippen molar-refractivity contribution in [2.45, 2.75) is 39.7 Å². The summed E-state index contributed by atoms with van der Waals surface area (Å²) in [5.74, 6) is -0.335. The Hall–Kier alpha value is -1.26. The molecule has 1 rings (SSSR count). The second-order valence-electron chi connectivity index (χ2n) is 4.87. The Morgan fingerprint density at radius 2 is 2.06 bits per heavy atom. The summed E-state index contributed by atoms with van der Waals surface area (Å²) in [4.78, 5) is 22.4. The Bertz CT molecular complexity index is 293.